The van der Waals surface area contributed by atoms with Gasteiger partial charge in [0.05, 0.1) is 0 Å². The summed E-state index contributed by atoms with van der Waals surface area (Å²) in [7, 11) is 0. The zero-order valence-electron chi connectivity index (χ0n) is 13.4. The van der Waals surface area contributed by atoms with Crippen molar-refractivity contribution in [3.05, 3.63) is 35.4 Å². The molecule has 21 heavy (non-hydrogen) atoms. The number of hydrogen-bond donors (Lipinski definition) is 1. The fourth-order valence-corrected chi connectivity index (χ4v) is 2.51. The second-order valence-electron chi connectivity index (χ2n) is 6.94. The average Bonchev–Trinajstić information content (AvgIpc) is 2.40. The fourth-order valence-electron chi connectivity index (χ4n) is 2.51. The topological polar surface area (TPSA) is 49.4 Å². The van der Waals surface area contributed by atoms with E-state index in [1.165, 1.54) is 5.56 Å². The Hall–Kier alpha value is -1.84. The van der Waals surface area contributed by atoms with Crippen LogP contribution in [0.15, 0.2) is 24.3 Å². The third-order valence-corrected chi connectivity index (χ3v) is 4.00. The molecule has 2 unspecified atom stereocenters. The Morgan fingerprint density at radius 1 is 1.14 bits per heavy atom. The van der Waals surface area contributed by atoms with E-state index in [1.807, 2.05) is 52.0 Å². The lowest BCUT2D eigenvalue weighted by molar-refractivity contribution is -0.152. The SMILES string of the molecule is Cc1ccc(CN2C(=O)C(C(C)(C)C)NC(=O)C2C)cc1. The number of carbonyl (C=O) groups excluding carboxylic acids is 2. The van der Waals surface area contributed by atoms with Gasteiger partial charge in [-0.2, -0.15) is 0 Å². The minimum atomic E-state index is -0.466. The summed E-state index contributed by atoms with van der Waals surface area (Å²) in [5.41, 5.74) is 1.93. The minimum Gasteiger partial charge on any atom is -0.342 e. The molecule has 2 amide bonds. The van der Waals surface area contributed by atoms with Gasteiger partial charge < -0.3 is 10.2 Å². The molecule has 0 aliphatic carbocycles. The molecule has 0 radical (unpaired) electrons. The molecule has 0 saturated carbocycles. The van der Waals surface area contributed by atoms with Crippen LogP contribution in [0.1, 0.15) is 38.8 Å². The van der Waals surface area contributed by atoms with E-state index in [2.05, 4.69) is 5.32 Å². The number of hydrogen-bond acceptors (Lipinski definition) is 2. The number of benzene rings is 1. The number of amides is 2. The van der Waals surface area contributed by atoms with Gasteiger partial charge in [-0.1, -0.05) is 50.6 Å². The van der Waals surface area contributed by atoms with Crippen molar-refractivity contribution in [1.82, 2.24) is 10.2 Å². The summed E-state index contributed by atoms with van der Waals surface area (Å²) in [4.78, 5) is 26.5. The highest BCUT2D eigenvalue weighted by molar-refractivity contribution is 5.97. The first-order valence-electron chi connectivity index (χ1n) is 7.36. The maximum absolute atomic E-state index is 12.7. The lowest BCUT2D eigenvalue weighted by atomic mass is 9.84. The largest absolute Gasteiger partial charge is 0.342 e. The quantitative estimate of drug-likeness (QED) is 0.907. The van der Waals surface area contributed by atoms with Crippen LogP contribution in [-0.2, 0) is 16.1 Å². The molecule has 0 bridgehead atoms. The highest BCUT2D eigenvalue weighted by Gasteiger charge is 2.43. The van der Waals surface area contributed by atoms with E-state index in [-0.39, 0.29) is 17.2 Å². The Balaban J connectivity index is 2.24. The smallest absolute Gasteiger partial charge is 0.246 e. The third-order valence-electron chi connectivity index (χ3n) is 4.00. The Kier molecular flexibility index (Phi) is 4.08. The monoisotopic (exact) mass is 288 g/mol. The molecule has 4 nitrogen and oxygen atoms in total. The summed E-state index contributed by atoms with van der Waals surface area (Å²) in [6, 6.07) is 7.16. The van der Waals surface area contributed by atoms with Gasteiger partial charge in [-0.3, -0.25) is 9.59 Å². The molecular weight excluding hydrogens is 264 g/mol. The number of nitrogens with one attached hydrogen (secondary N) is 1. The number of aryl methyl sites for hydroxylation is 1. The minimum absolute atomic E-state index is 0.00447. The van der Waals surface area contributed by atoms with Crippen LogP contribution >= 0.6 is 0 Å². The predicted molar refractivity (Wildman–Crippen MR) is 82.6 cm³/mol. The van der Waals surface area contributed by atoms with Crippen LogP contribution in [0.2, 0.25) is 0 Å². The molecule has 1 heterocycles. The maximum Gasteiger partial charge on any atom is 0.246 e. The van der Waals surface area contributed by atoms with E-state index >= 15 is 0 Å². The standard InChI is InChI=1S/C17H24N2O2/c1-11-6-8-13(9-7-11)10-19-12(2)15(20)18-14(16(19)21)17(3,4)5/h6-9,12,14H,10H2,1-5H3,(H,18,20). The molecule has 1 fully saturated rings. The average molecular weight is 288 g/mol. The van der Waals surface area contributed by atoms with Gasteiger partial charge in [0, 0.05) is 6.54 Å². The zero-order valence-corrected chi connectivity index (χ0v) is 13.4. The van der Waals surface area contributed by atoms with Crippen molar-refractivity contribution >= 4 is 11.8 Å². The van der Waals surface area contributed by atoms with E-state index in [0.29, 0.717) is 6.54 Å². The second kappa shape index (κ2) is 5.51. The molecule has 2 atom stereocenters. The molecule has 1 aliphatic heterocycles. The van der Waals surface area contributed by atoms with Crippen LogP contribution < -0.4 is 5.32 Å². The zero-order chi connectivity index (χ0) is 15.8. The lowest BCUT2D eigenvalue weighted by Gasteiger charge is -2.42. The van der Waals surface area contributed by atoms with Crippen LogP contribution in [0.5, 0.6) is 0 Å². The summed E-state index contributed by atoms with van der Waals surface area (Å²) >= 11 is 0. The van der Waals surface area contributed by atoms with Gasteiger partial charge in [-0.05, 0) is 24.8 Å². The van der Waals surface area contributed by atoms with Crippen molar-refractivity contribution < 1.29 is 9.59 Å². The second-order valence-corrected chi connectivity index (χ2v) is 6.94. The lowest BCUT2D eigenvalue weighted by Crippen LogP contribution is -2.65. The maximum atomic E-state index is 12.7. The van der Waals surface area contributed by atoms with Crippen molar-refractivity contribution in [2.75, 3.05) is 0 Å². The normalized spacial score (nSPS) is 23.2. The molecule has 1 saturated heterocycles. The predicted octanol–water partition coefficient (Wildman–Crippen LogP) is 2.26. The number of nitrogens with zero attached hydrogens (tertiary/aromatic N) is 1. The number of piperazine rings is 1. The summed E-state index contributed by atoms with van der Waals surface area (Å²) in [6.45, 7) is 10.2. The molecule has 4 heteroatoms. The molecule has 1 aliphatic rings. The van der Waals surface area contributed by atoms with Gasteiger partial charge in [0.2, 0.25) is 11.8 Å². The van der Waals surface area contributed by atoms with Crippen LogP contribution in [-0.4, -0.2) is 28.8 Å². The third kappa shape index (κ3) is 3.26. The summed E-state index contributed by atoms with van der Waals surface area (Å²) in [5.74, 6) is -0.0863. The molecular formula is C17H24N2O2. The van der Waals surface area contributed by atoms with Gasteiger partial charge in [0.15, 0.2) is 0 Å². The van der Waals surface area contributed by atoms with Crippen molar-refractivity contribution in [1.29, 1.82) is 0 Å². The summed E-state index contributed by atoms with van der Waals surface area (Å²) in [5, 5.41) is 2.85. The molecule has 0 spiro atoms. The summed E-state index contributed by atoms with van der Waals surface area (Å²) < 4.78 is 0. The van der Waals surface area contributed by atoms with Crippen molar-refractivity contribution in [3.8, 4) is 0 Å². The van der Waals surface area contributed by atoms with Gasteiger partial charge in [-0.15, -0.1) is 0 Å². The van der Waals surface area contributed by atoms with Crippen molar-refractivity contribution in [3.63, 3.8) is 0 Å². The molecule has 114 valence electrons. The molecule has 0 aromatic heterocycles. The van der Waals surface area contributed by atoms with Crippen molar-refractivity contribution in [2.24, 2.45) is 5.41 Å². The Bertz CT molecular complexity index is 543. The summed E-state index contributed by atoms with van der Waals surface area (Å²) in [6.07, 6.45) is 0. The Morgan fingerprint density at radius 3 is 2.24 bits per heavy atom. The number of carbonyl (C=O) groups is 2. The first-order chi connectivity index (χ1) is 9.70. The fraction of sp³-hybridized carbons (Fsp3) is 0.529. The molecule has 1 aromatic rings. The molecule has 1 N–H and O–H groups in total. The molecule has 2 rings (SSSR count). The Labute approximate surface area is 126 Å². The Morgan fingerprint density at radius 2 is 1.71 bits per heavy atom. The first-order valence-corrected chi connectivity index (χ1v) is 7.36. The van der Waals surface area contributed by atoms with Crippen LogP contribution in [0.4, 0.5) is 0 Å². The first kappa shape index (κ1) is 15.5. The van der Waals surface area contributed by atoms with E-state index in [1.54, 1.807) is 11.8 Å². The van der Waals surface area contributed by atoms with Crippen molar-refractivity contribution in [2.45, 2.75) is 53.2 Å². The van der Waals surface area contributed by atoms with E-state index < -0.39 is 12.1 Å². The van der Waals surface area contributed by atoms with Gasteiger partial charge in [0.25, 0.3) is 0 Å². The highest BCUT2D eigenvalue weighted by atomic mass is 16.2. The van der Waals surface area contributed by atoms with Gasteiger partial charge in [-0.25, -0.2) is 0 Å². The van der Waals surface area contributed by atoms with E-state index in [9.17, 15) is 9.59 Å². The van der Waals surface area contributed by atoms with Gasteiger partial charge >= 0.3 is 0 Å². The van der Waals surface area contributed by atoms with E-state index in [4.69, 9.17) is 0 Å². The van der Waals surface area contributed by atoms with E-state index in [0.717, 1.165) is 5.56 Å². The van der Waals surface area contributed by atoms with Gasteiger partial charge in [0.1, 0.15) is 12.1 Å². The van der Waals surface area contributed by atoms with Crippen LogP contribution in [0, 0.1) is 12.3 Å². The van der Waals surface area contributed by atoms with Crippen LogP contribution in [0.3, 0.4) is 0 Å². The van der Waals surface area contributed by atoms with Crippen LogP contribution in [0.25, 0.3) is 0 Å². The highest BCUT2D eigenvalue weighted by Crippen LogP contribution is 2.26. The number of rotatable bonds is 2. The molecule has 1 aromatic carbocycles.